The summed E-state index contributed by atoms with van der Waals surface area (Å²) in [5, 5.41) is 11.2. The molecule has 0 amide bonds. The second-order valence-electron chi connectivity index (χ2n) is 8.74. The van der Waals surface area contributed by atoms with E-state index in [4.69, 9.17) is 11.6 Å². The predicted octanol–water partition coefficient (Wildman–Crippen LogP) is 4.88. The molecule has 1 aromatic heterocycles. The van der Waals surface area contributed by atoms with Crippen molar-refractivity contribution in [3.8, 4) is 0 Å². The van der Waals surface area contributed by atoms with Gasteiger partial charge in [0.05, 0.1) is 10.6 Å². The molecule has 2 aromatic carbocycles. The minimum Gasteiger partial charge on any atom is -0.384 e. The molecule has 0 saturated heterocycles. The third-order valence-electron chi connectivity index (χ3n) is 5.05. The highest BCUT2D eigenvalue weighted by atomic mass is 35.5. The Morgan fingerprint density at radius 2 is 1.70 bits per heavy atom. The van der Waals surface area contributed by atoms with Gasteiger partial charge in [0, 0.05) is 22.8 Å². The van der Waals surface area contributed by atoms with Gasteiger partial charge < -0.3 is 5.11 Å². The van der Waals surface area contributed by atoms with E-state index >= 15 is 0 Å². The summed E-state index contributed by atoms with van der Waals surface area (Å²) in [6.07, 6.45) is 1.10. The van der Waals surface area contributed by atoms with Crippen LogP contribution in [-0.4, -0.2) is 29.3 Å². The van der Waals surface area contributed by atoms with Crippen molar-refractivity contribution in [1.29, 1.82) is 0 Å². The van der Waals surface area contributed by atoms with Crippen molar-refractivity contribution < 1.29 is 22.3 Å². The smallest absolute Gasteiger partial charge is 0.282 e. The van der Waals surface area contributed by atoms with Crippen LogP contribution >= 0.6 is 11.6 Å². The molecular formula is C23H26ClN2O5S2+. The van der Waals surface area contributed by atoms with E-state index in [1.165, 1.54) is 48.7 Å². The maximum Gasteiger partial charge on any atom is 0.282 e. The van der Waals surface area contributed by atoms with Gasteiger partial charge in [0.15, 0.2) is 0 Å². The van der Waals surface area contributed by atoms with Crippen LogP contribution in [0.3, 0.4) is 0 Å². The average molecular weight is 510 g/mol. The number of rotatable bonds is 6. The zero-order valence-corrected chi connectivity index (χ0v) is 21.0. The van der Waals surface area contributed by atoms with Crippen LogP contribution in [0.5, 0.6) is 0 Å². The summed E-state index contributed by atoms with van der Waals surface area (Å²) >= 11 is 6.11. The third kappa shape index (κ3) is 5.99. The lowest BCUT2D eigenvalue weighted by Crippen LogP contribution is -2.17. The molecule has 3 N–H and O–H groups in total. The minimum absolute atomic E-state index is 0.0723. The minimum atomic E-state index is -3.96. The van der Waals surface area contributed by atoms with Crippen molar-refractivity contribution in [2.45, 2.75) is 42.2 Å². The Morgan fingerprint density at radius 3 is 2.27 bits per heavy atom. The standard InChI is InChI=1S/C23H25ClN2O5S2/c1-23(2,3)16-5-8-18(9-6-16)33(30,31)26-20-10-7-17(24)14-19(20)22(27)15-11-12-25-21(13-15)32(4,28)29/h5-14,22,26-27H,1-4H3/p+1. The van der Waals surface area contributed by atoms with Crippen molar-refractivity contribution in [1.82, 2.24) is 4.98 Å². The Labute approximate surface area is 200 Å². The maximum absolute atomic E-state index is 13.0. The molecule has 1 heterocycles. The van der Waals surface area contributed by atoms with E-state index in [1.807, 2.05) is 20.8 Å². The Kier molecular flexibility index (Phi) is 7.02. The first-order valence-corrected chi connectivity index (χ1v) is 13.8. The van der Waals surface area contributed by atoms with Gasteiger partial charge in [0.25, 0.3) is 25.3 Å². The van der Waals surface area contributed by atoms with Crippen molar-refractivity contribution >= 4 is 37.5 Å². The van der Waals surface area contributed by atoms with Crippen molar-refractivity contribution in [3.05, 3.63) is 82.5 Å². The predicted molar refractivity (Wildman–Crippen MR) is 131 cm³/mol. The molecule has 0 fully saturated rings. The summed E-state index contributed by atoms with van der Waals surface area (Å²) in [7, 11) is -7.31. The number of sulfonamides is 1. The van der Waals surface area contributed by atoms with Crippen LogP contribution in [-0.2, 0) is 29.9 Å². The monoisotopic (exact) mass is 509 g/mol. The zero-order valence-electron chi connectivity index (χ0n) is 18.6. The molecule has 10 heteroatoms. The second kappa shape index (κ2) is 9.15. The molecule has 2 atom stereocenters. The first-order chi connectivity index (χ1) is 15.2. The van der Waals surface area contributed by atoms with Gasteiger partial charge in [-0.05, 0) is 52.9 Å². The van der Waals surface area contributed by atoms with Crippen LogP contribution in [0.1, 0.15) is 43.6 Å². The van der Waals surface area contributed by atoms with Gasteiger partial charge in [-0.1, -0.05) is 48.7 Å². The quantitative estimate of drug-likeness (QED) is 0.408. The normalized spacial score (nSPS) is 15.0. The lowest BCUT2D eigenvalue weighted by molar-refractivity contribution is 0.220. The van der Waals surface area contributed by atoms with Gasteiger partial charge in [0.1, 0.15) is 12.4 Å². The highest BCUT2D eigenvalue weighted by molar-refractivity contribution is 7.97. The molecule has 0 bridgehead atoms. The molecule has 176 valence electrons. The van der Waals surface area contributed by atoms with E-state index in [-0.39, 0.29) is 37.2 Å². The van der Waals surface area contributed by atoms with Gasteiger partial charge in [-0.2, -0.15) is 4.55 Å². The first kappa shape index (κ1) is 25.3. The fraction of sp³-hybridized carbons (Fsp3) is 0.261. The van der Waals surface area contributed by atoms with Crippen molar-refractivity contribution in [2.75, 3.05) is 11.0 Å². The Bertz CT molecular complexity index is 1310. The molecule has 7 nitrogen and oxygen atoms in total. The summed E-state index contributed by atoms with van der Waals surface area (Å²) in [6.45, 7) is 6.11. The molecule has 0 radical (unpaired) electrons. The molecule has 33 heavy (non-hydrogen) atoms. The molecule has 2 unspecified atom stereocenters. The van der Waals surface area contributed by atoms with Crippen LogP contribution in [0.2, 0.25) is 5.02 Å². The maximum atomic E-state index is 13.0. The number of pyridine rings is 1. The van der Waals surface area contributed by atoms with Crippen LogP contribution in [0, 0.1) is 0 Å². The number of nitrogens with one attached hydrogen (secondary N) is 1. The van der Waals surface area contributed by atoms with Crippen LogP contribution < -0.4 is 4.72 Å². The van der Waals surface area contributed by atoms with Crippen LogP contribution in [0.25, 0.3) is 0 Å². The Balaban J connectivity index is 1.98. The number of anilines is 1. The largest absolute Gasteiger partial charge is 0.384 e. The highest BCUT2D eigenvalue weighted by Gasteiger charge is 2.27. The second-order valence-corrected chi connectivity index (χ2v) is 12.9. The number of benzene rings is 2. The van der Waals surface area contributed by atoms with E-state index < -0.39 is 26.3 Å². The molecule has 3 aromatic rings. The summed E-state index contributed by atoms with van der Waals surface area (Å²) < 4.78 is 50.3. The number of hydrogen-bond acceptors (Lipinski definition) is 5. The van der Waals surface area contributed by atoms with Gasteiger partial charge in [-0.15, -0.1) is 0 Å². The molecule has 0 aliphatic heterocycles. The number of nitrogens with zero attached hydrogens (tertiary/aromatic N) is 1. The van der Waals surface area contributed by atoms with E-state index in [9.17, 15) is 22.3 Å². The molecule has 0 spiro atoms. The summed E-state index contributed by atoms with van der Waals surface area (Å²) in [5.41, 5.74) is 1.46. The van der Waals surface area contributed by atoms with E-state index in [2.05, 4.69) is 9.71 Å². The van der Waals surface area contributed by atoms with Crippen molar-refractivity contribution in [3.63, 3.8) is 0 Å². The van der Waals surface area contributed by atoms with Crippen molar-refractivity contribution in [2.24, 2.45) is 0 Å². The topological polar surface area (TPSA) is 117 Å². The number of hydrogen-bond donors (Lipinski definition) is 3. The molecule has 0 saturated carbocycles. The Morgan fingerprint density at radius 1 is 1.06 bits per heavy atom. The highest BCUT2D eigenvalue weighted by Crippen LogP contribution is 2.33. The van der Waals surface area contributed by atoms with Gasteiger partial charge in [-0.25, -0.2) is 13.4 Å². The number of aliphatic hydroxyl groups is 1. The Hall–Kier alpha value is -2.30. The molecule has 3 rings (SSSR count). The fourth-order valence-electron chi connectivity index (χ4n) is 3.17. The average Bonchev–Trinajstić information content (AvgIpc) is 2.73. The van der Waals surface area contributed by atoms with Gasteiger partial charge >= 0.3 is 0 Å². The van der Waals surface area contributed by atoms with E-state index in [0.717, 1.165) is 11.8 Å². The van der Waals surface area contributed by atoms with E-state index in [1.54, 1.807) is 12.1 Å². The van der Waals surface area contributed by atoms with Crippen LogP contribution in [0.4, 0.5) is 5.69 Å². The SMILES string of the molecule is CC(C)(C)c1ccc(S(=O)(=O)Nc2ccc(Cl)cc2C(O)c2ccnc([S+](C)(=O)O)c2)cc1. The summed E-state index contributed by atoms with van der Waals surface area (Å²) in [5.74, 6) is 0. The first-order valence-electron chi connectivity index (χ1n) is 9.97. The summed E-state index contributed by atoms with van der Waals surface area (Å²) in [4.78, 5) is 3.95. The molecular weight excluding hydrogens is 484 g/mol. The van der Waals surface area contributed by atoms with Crippen LogP contribution in [0.15, 0.2) is 70.7 Å². The fourth-order valence-corrected chi connectivity index (χ4v) is 5.05. The lowest BCUT2D eigenvalue weighted by atomic mass is 9.87. The number of aromatic nitrogens is 1. The molecule has 0 aliphatic rings. The number of aliphatic hydroxyl groups excluding tert-OH is 1. The van der Waals surface area contributed by atoms with Gasteiger partial charge in [0.2, 0.25) is 0 Å². The van der Waals surface area contributed by atoms with Gasteiger partial charge in [-0.3, -0.25) is 4.72 Å². The lowest BCUT2D eigenvalue weighted by Gasteiger charge is -2.20. The number of halogens is 1. The third-order valence-corrected chi connectivity index (χ3v) is 7.66. The summed E-state index contributed by atoms with van der Waals surface area (Å²) in [6, 6.07) is 13.8. The molecule has 0 aliphatic carbocycles. The zero-order chi connectivity index (χ0) is 24.6. The van der Waals surface area contributed by atoms with E-state index in [0.29, 0.717) is 0 Å².